The molecular formula is C15H22N2O2S. The number of amides is 1. The molecule has 1 heterocycles. The summed E-state index contributed by atoms with van der Waals surface area (Å²) in [5, 5.41) is -0.0716. The summed E-state index contributed by atoms with van der Waals surface area (Å²) in [5.41, 5.74) is 5.87. The van der Waals surface area contributed by atoms with E-state index in [0.29, 0.717) is 0 Å². The predicted octanol–water partition coefficient (Wildman–Crippen LogP) is 2.13. The van der Waals surface area contributed by atoms with E-state index in [1.807, 2.05) is 36.1 Å². The number of thioether (sulfide) groups is 1. The highest BCUT2D eigenvalue weighted by Gasteiger charge is 2.25. The van der Waals surface area contributed by atoms with Gasteiger partial charge >= 0.3 is 0 Å². The number of carbonyl (C=O) groups is 1. The number of nitrogens with zero attached hydrogens (tertiary/aromatic N) is 1. The molecule has 110 valence electrons. The largest absolute Gasteiger partial charge is 0.497 e. The van der Waals surface area contributed by atoms with E-state index in [0.717, 1.165) is 36.6 Å². The minimum atomic E-state index is -0.0716. The number of ether oxygens (including phenoxy) is 1. The van der Waals surface area contributed by atoms with Crippen molar-refractivity contribution in [2.75, 3.05) is 20.2 Å². The standard InChI is InChI=1S/C15H22N2O2S/c1-11(15(18)17-9-7-12(16)8-10-17)20-14-5-3-13(19-2)4-6-14/h3-6,11-12H,7-10,16H2,1-2H3. The molecule has 2 rings (SSSR count). The van der Waals surface area contributed by atoms with Crippen molar-refractivity contribution >= 4 is 17.7 Å². The van der Waals surface area contributed by atoms with Crippen LogP contribution in [0.3, 0.4) is 0 Å². The second-order valence-electron chi connectivity index (χ2n) is 5.10. The average molecular weight is 294 g/mol. The van der Waals surface area contributed by atoms with Crippen LogP contribution in [0.4, 0.5) is 0 Å². The lowest BCUT2D eigenvalue weighted by molar-refractivity contribution is -0.131. The van der Waals surface area contributed by atoms with Crippen molar-refractivity contribution in [3.63, 3.8) is 0 Å². The summed E-state index contributed by atoms with van der Waals surface area (Å²) >= 11 is 1.59. The Kier molecular flexibility index (Phi) is 5.31. The van der Waals surface area contributed by atoms with E-state index in [1.54, 1.807) is 18.9 Å². The molecule has 1 amide bonds. The van der Waals surface area contributed by atoms with Gasteiger partial charge in [-0.1, -0.05) is 0 Å². The molecule has 0 bridgehead atoms. The molecule has 20 heavy (non-hydrogen) atoms. The van der Waals surface area contributed by atoms with Gasteiger partial charge in [0, 0.05) is 24.0 Å². The van der Waals surface area contributed by atoms with E-state index in [-0.39, 0.29) is 17.2 Å². The van der Waals surface area contributed by atoms with Gasteiger partial charge < -0.3 is 15.4 Å². The van der Waals surface area contributed by atoms with E-state index in [1.165, 1.54) is 0 Å². The Morgan fingerprint density at radius 2 is 1.95 bits per heavy atom. The fraction of sp³-hybridized carbons (Fsp3) is 0.533. The van der Waals surface area contributed by atoms with Gasteiger partial charge in [0.05, 0.1) is 12.4 Å². The average Bonchev–Trinajstić information content (AvgIpc) is 2.48. The van der Waals surface area contributed by atoms with Crippen molar-refractivity contribution < 1.29 is 9.53 Å². The fourth-order valence-corrected chi connectivity index (χ4v) is 3.24. The zero-order valence-corrected chi connectivity index (χ0v) is 12.9. The Hall–Kier alpha value is -1.20. The van der Waals surface area contributed by atoms with Crippen LogP contribution in [-0.4, -0.2) is 42.3 Å². The van der Waals surface area contributed by atoms with E-state index in [2.05, 4.69) is 0 Å². The summed E-state index contributed by atoms with van der Waals surface area (Å²) in [6, 6.07) is 8.06. The molecule has 1 aliphatic rings. The van der Waals surface area contributed by atoms with E-state index >= 15 is 0 Å². The van der Waals surface area contributed by atoms with Gasteiger partial charge in [-0.05, 0) is 44.0 Å². The van der Waals surface area contributed by atoms with Gasteiger partial charge in [0.1, 0.15) is 5.75 Å². The summed E-state index contributed by atoms with van der Waals surface area (Å²) in [4.78, 5) is 15.4. The Labute approximate surface area is 124 Å². The Balaban J connectivity index is 1.89. The van der Waals surface area contributed by atoms with Crippen LogP contribution in [0.25, 0.3) is 0 Å². The first-order chi connectivity index (χ1) is 9.60. The van der Waals surface area contributed by atoms with Crippen LogP contribution in [0.1, 0.15) is 19.8 Å². The molecule has 1 unspecified atom stereocenters. The van der Waals surface area contributed by atoms with Crippen LogP contribution in [0, 0.1) is 0 Å². The topological polar surface area (TPSA) is 55.6 Å². The fourth-order valence-electron chi connectivity index (χ4n) is 2.29. The maximum absolute atomic E-state index is 12.4. The predicted molar refractivity (Wildman–Crippen MR) is 82.1 cm³/mol. The highest BCUT2D eigenvalue weighted by Crippen LogP contribution is 2.27. The SMILES string of the molecule is COc1ccc(SC(C)C(=O)N2CCC(N)CC2)cc1. The van der Waals surface area contributed by atoms with Gasteiger partial charge in [0.2, 0.25) is 5.91 Å². The van der Waals surface area contributed by atoms with Crippen LogP contribution in [0.15, 0.2) is 29.2 Å². The number of benzene rings is 1. The molecule has 1 saturated heterocycles. The lowest BCUT2D eigenvalue weighted by Gasteiger charge is -2.31. The van der Waals surface area contributed by atoms with Gasteiger partial charge in [0.15, 0.2) is 0 Å². The third kappa shape index (κ3) is 3.90. The Bertz CT molecular complexity index is 442. The maximum Gasteiger partial charge on any atom is 0.235 e. The van der Waals surface area contributed by atoms with Crippen LogP contribution in [0.5, 0.6) is 5.75 Å². The van der Waals surface area contributed by atoms with Gasteiger partial charge in [-0.15, -0.1) is 11.8 Å². The van der Waals surface area contributed by atoms with E-state index < -0.39 is 0 Å². The second kappa shape index (κ2) is 6.99. The molecule has 1 aliphatic heterocycles. The minimum absolute atomic E-state index is 0.0716. The van der Waals surface area contributed by atoms with Crippen molar-refractivity contribution in [1.29, 1.82) is 0 Å². The van der Waals surface area contributed by atoms with Gasteiger partial charge in [-0.3, -0.25) is 4.79 Å². The summed E-state index contributed by atoms with van der Waals surface area (Å²) in [5.74, 6) is 1.04. The van der Waals surface area contributed by atoms with Gasteiger partial charge in [-0.25, -0.2) is 0 Å². The number of rotatable bonds is 4. The smallest absolute Gasteiger partial charge is 0.235 e. The van der Waals surface area contributed by atoms with Crippen molar-refractivity contribution in [2.24, 2.45) is 5.73 Å². The molecule has 2 N–H and O–H groups in total. The lowest BCUT2D eigenvalue weighted by atomic mass is 10.1. The van der Waals surface area contributed by atoms with Crippen LogP contribution in [0.2, 0.25) is 0 Å². The molecule has 5 heteroatoms. The highest BCUT2D eigenvalue weighted by molar-refractivity contribution is 8.00. The number of methoxy groups -OCH3 is 1. The minimum Gasteiger partial charge on any atom is -0.497 e. The summed E-state index contributed by atoms with van der Waals surface area (Å²) in [6.07, 6.45) is 1.82. The monoisotopic (exact) mass is 294 g/mol. The molecule has 1 aromatic carbocycles. The highest BCUT2D eigenvalue weighted by atomic mass is 32.2. The van der Waals surface area contributed by atoms with E-state index in [9.17, 15) is 4.79 Å². The first kappa shape index (κ1) is 15.2. The maximum atomic E-state index is 12.4. The molecule has 4 nitrogen and oxygen atoms in total. The van der Waals surface area contributed by atoms with Crippen molar-refractivity contribution in [1.82, 2.24) is 4.90 Å². The van der Waals surface area contributed by atoms with Crippen molar-refractivity contribution in [3.05, 3.63) is 24.3 Å². The van der Waals surface area contributed by atoms with Crippen molar-refractivity contribution in [3.8, 4) is 5.75 Å². The number of nitrogens with two attached hydrogens (primary N) is 1. The number of carbonyl (C=O) groups excluding carboxylic acids is 1. The molecule has 1 atom stereocenters. The quantitative estimate of drug-likeness (QED) is 0.864. The van der Waals surface area contributed by atoms with Crippen molar-refractivity contribution in [2.45, 2.75) is 36.0 Å². The lowest BCUT2D eigenvalue weighted by Crippen LogP contribution is -2.45. The van der Waals surface area contributed by atoms with Gasteiger partial charge in [0.25, 0.3) is 0 Å². The third-order valence-electron chi connectivity index (χ3n) is 3.57. The Morgan fingerprint density at radius 1 is 1.35 bits per heavy atom. The summed E-state index contributed by atoms with van der Waals surface area (Å²) in [7, 11) is 1.65. The first-order valence-electron chi connectivity index (χ1n) is 6.95. The molecule has 1 fully saturated rings. The van der Waals surface area contributed by atoms with Crippen LogP contribution in [-0.2, 0) is 4.79 Å². The molecule has 0 saturated carbocycles. The molecule has 0 aliphatic carbocycles. The number of piperidine rings is 1. The number of likely N-dealkylation sites (tertiary alicyclic amines) is 1. The first-order valence-corrected chi connectivity index (χ1v) is 7.83. The van der Waals surface area contributed by atoms with Crippen LogP contribution < -0.4 is 10.5 Å². The molecule has 1 aromatic rings. The van der Waals surface area contributed by atoms with Crippen LogP contribution >= 0.6 is 11.8 Å². The molecule has 0 aromatic heterocycles. The molecule has 0 radical (unpaired) electrons. The third-order valence-corrected chi connectivity index (χ3v) is 4.67. The van der Waals surface area contributed by atoms with Gasteiger partial charge in [-0.2, -0.15) is 0 Å². The Morgan fingerprint density at radius 3 is 2.50 bits per heavy atom. The number of hydrogen-bond donors (Lipinski definition) is 1. The van der Waals surface area contributed by atoms with E-state index in [4.69, 9.17) is 10.5 Å². The second-order valence-corrected chi connectivity index (χ2v) is 6.51. The summed E-state index contributed by atoms with van der Waals surface area (Å²) in [6.45, 7) is 3.53. The number of hydrogen-bond acceptors (Lipinski definition) is 4. The zero-order valence-electron chi connectivity index (χ0n) is 12.0. The molecule has 0 spiro atoms. The zero-order chi connectivity index (χ0) is 14.5. The summed E-state index contributed by atoms with van der Waals surface area (Å²) < 4.78 is 5.13. The molecular weight excluding hydrogens is 272 g/mol. The normalized spacial score (nSPS) is 17.9.